The van der Waals surface area contributed by atoms with Crippen LogP contribution in [0.3, 0.4) is 0 Å². The van der Waals surface area contributed by atoms with Crippen molar-refractivity contribution in [1.82, 2.24) is 29.1 Å². The lowest BCUT2D eigenvalue weighted by Gasteiger charge is -2.23. The van der Waals surface area contributed by atoms with E-state index in [0.717, 1.165) is 55.0 Å². The van der Waals surface area contributed by atoms with Crippen LogP contribution < -0.4 is 0 Å². The topological polar surface area (TPSA) is 61.4 Å². The van der Waals surface area contributed by atoms with Gasteiger partial charge in [-0.2, -0.15) is 0 Å². The maximum atomic E-state index is 4.66. The van der Waals surface area contributed by atoms with Crippen LogP contribution in [-0.2, 0) is 6.42 Å². The minimum atomic E-state index is 0.185. The maximum absolute atomic E-state index is 4.66. The smallest absolute Gasteiger partial charge is 0.159 e. The first-order valence-electron chi connectivity index (χ1n) is 19.6. The molecule has 268 valence electrons. The zero-order valence-corrected chi connectivity index (χ0v) is 30.9. The zero-order chi connectivity index (χ0) is 37.0. The highest BCUT2D eigenvalue weighted by molar-refractivity contribution is 6.14. The van der Waals surface area contributed by atoms with Crippen LogP contribution in [0.25, 0.3) is 83.8 Å². The van der Waals surface area contributed by atoms with Crippen molar-refractivity contribution in [3.8, 4) is 39.3 Å². The molecule has 9 aromatic rings. The predicted octanol–water partition coefficient (Wildman–Crippen LogP) is 12.1. The van der Waals surface area contributed by atoms with Gasteiger partial charge in [-0.1, -0.05) is 103 Å². The molecule has 5 aromatic carbocycles. The summed E-state index contributed by atoms with van der Waals surface area (Å²) in [7, 11) is 0. The Kier molecular flexibility index (Phi) is 7.80. The number of rotatable bonds is 6. The van der Waals surface area contributed by atoms with Crippen molar-refractivity contribution in [3.63, 3.8) is 0 Å². The average Bonchev–Trinajstić information content (AvgIpc) is 3.81. The highest BCUT2D eigenvalue weighted by atomic mass is 15.0. The molecule has 0 radical (unpaired) electrons. The van der Waals surface area contributed by atoms with E-state index in [4.69, 9.17) is 0 Å². The van der Waals surface area contributed by atoms with Crippen LogP contribution in [0.4, 0.5) is 0 Å². The fourth-order valence-electron chi connectivity index (χ4n) is 9.21. The number of nitrogens with zero attached hydrogens (tertiary/aromatic N) is 6. The molecule has 0 saturated heterocycles. The van der Waals surface area contributed by atoms with Gasteiger partial charge in [0.05, 0.1) is 16.6 Å². The molecule has 4 aromatic heterocycles. The first-order chi connectivity index (χ1) is 27.8. The molecule has 1 atom stereocenters. The summed E-state index contributed by atoms with van der Waals surface area (Å²) in [5, 5.41) is 3.80. The maximum Gasteiger partial charge on any atom is 0.159 e. The second-order valence-corrected chi connectivity index (χ2v) is 14.9. The normalized spacial score (nSPS) is 15.4. The number of hydrogen-bond acceptors (Lipinski definition) is 4. The van der Waals surface area contributed by atoms with Crippen LogP contribution >= 0.6 is 0 Å². The van der Waals surface area contributed by atoms with Crippen molar-refractivity contribution in [2.45, 2.75) is 38.0 Å². The molecule has 0 fully saturated rings. The van der Waals surface area contributed by atoms with Gasteiger partial charge in [0.15, 0.2) is 5.82 Å². The number of aromatic nitrogens is 6. The van der Waals surface area contributed by atoms with Crippen molar-refractivity contribution in [2.24, 2.45) is 0 Å². The lowest BCUT2D eigenvalue weighted by atomic mass is 9.92. The van der Waals surface area contributed by atoms with Crippen molar-refractivity contribution in [1.29, 1.82) is 0 Å². The average molecular weight is 723 g/mol. The number of para-hydroxylation sites is 3. The molecule has 2 aliphatic rings. The summed E-state index contributed by atoms with van der Waals surface area (Å²) in [5.74, 6) is 1.81. The Morgan fingerprint density at radius 3 is 2.05 bits per heavy atom. The molecule has 0 N–H and O–H groups in total. The molecule has 6 heteroatoms. The first kappa shape index (κ1) is 32.5. The van der Waals surface area contributed by atoms with Gasteiger partial charge in [0.2, 0.25) is 0 Å². The molecule has 1 unspecified atom stereocenters. The van der Waals surface area contributed by atoms with E-state index in [-0.39, 0.29) is 5.92 Å². The van der Waals surface area contributed by atoms with Gasteiger partial charge in [0.1, 0.15) is 5.82 Å². The minimum Gasteiger partial charge on any atom is -0.313 e. The number of benzene rings is 5. The second-order valence-electron chi connectivity index (χ2n) is 14.9. The van der Waals surface area contributed by atoms with E-state index in [1.165, 1.54) is 71.9 Å². The van der Waals surface area contributed by atoms with Gasteiger partial charge in [-0.25, -0.2) is 19.9 Å². The van der Waals surface area contributed by atoms with E-state index in [9.17, 15) is 0 Å². The van der Waals surface area contributed by atoms with Gasteiger partial charge in [-0.05, 0) is 79.6 Å². The van der Waals surface area contributed by atoms with Crippen LogP contribution in [0, 0.1) is 0 Å². The second kappa shape index (κ2) is 13.4. The van der Waals surface area contributed by atoms with Crippen LogP contribution in [0.2, 0.25) is 0 Å². The summed E-state index contributed by atoms with van der Waals surface area (Å²) in [4.78, 5) is 18.5. The Morgan fingerprint density at radius 1 is 0.554 bits per heavy atom. The lowest BCUT2D eigenvalue weighted by molar-refractivity contribution is 0.623. The standard InChI is InChI=1S/C50H38N6/c1-3-24-45-41(18-1)43-22-8-20-39(47(43)55(45)37-16-6-14-35(31-37)49-51-26-10-27-52-49)33-12-5-13-34(30-33)40-21-9-23-44-42-19-2-4-25-46(42)56(48(40)44)38-17-7-15-36(32-38)50-53-28-11-29-54-50/h1-3,5,7-13,15,17-24,26-32,35H,4,6,14,16,25H2. The largest absolute Gasteiger partial charge is 0.313 e. The summed E-state index contributed by atoms with van der Waals surface area (Å²) in [5.41, 5.74) is 14.6. The van der Waals surface area contributed by atoms with E-state index in [2.05, 4.69) is 156 Å². The summed E-state index contributed by atoms with van der Waals surface area (Å²) >= 11 is 0. The third-order valence-corrected chi connectivity index (χ3v) is 11.6. The molecule has 11 rings (SSSR count). The van der Waals surface area contributed by atoms with Crippen molar-refractivity contribution in [2.75, 3.05) is 0 Å². The molecular weight excluding hydrogens is 685 g/mol. The fourth-order valence-corrected chi connectivity index (χ4v) is 9.21. The van der Waals surface area contributed by atoms with Crippen molar-refractivity contribution in [3.05, 3.63) is 175 Å². The molecule has 56 heavy (non-hydrogen) atoms. The first-order valence-corrected chi connectivity index (χ1v) is 19.6. The van der Waals surface area contributed by atoms with E-state index >= 15 is 0 Å². The highest BCUT2D eigenvalue weighted by Crippen LogP contribution is 2.44. The van der Waals surface area contributed by atoms with Crippen LogP contribution in [0.5, 0.6) is 0 Å². The Bertz CT molecular complexity index is 3010. The quantitative estimate of drug-likeness (QED) is 0.171. The number of hydrogen-bond donors (Lipinski definition) is 0. The van der Waals surface area contributed by atoms with Gasteiger partial charge in [0, 0.05) is 86.2 Å². The molecule has 0 amide bonds. The Morgan fingerprint density at radius 2 is 1.23 bits per heavy atom. The summed E-state index contributed by atoms with van der Waals surface area (Å²) in [6.45, 7) is 0. The summed E-state index contributed by atoms with van der Waals surface area (Å²) in [6.07, 6.45) is 19.5. The third-order valence-electron chi connectivity index (χ3n) is 11.6. The third kappa shape index (κ3) is 5.32. The van der Waals surface area contributed by atoms with Crippen LogP contribution in [0.1, 0.15) is 48.7 Å². The minimum absolute atomic E-state index is 0.185. The molecule has 4 heterocycles. The van der Waals surface area contributed by atoms with Gasteiger partial charge in [-0.3, -0.25) is 0 Å². The van der Waals surface area contributed by atoms with Crippen molar-refractivity contribution < 1.29 is 0 Å². The molecule has 2 aliphatic carbocycles. The van der Waals surface area contributed by atoms with Gasteiger partial charge in [0.25, 0.3) is 0 Å². The Labute approximate surface area is 325 Å². The Hall–Kier alpha value is -6.92. The lowest BCUT2D eigenvalue weighted by Crippen LogP contribution is -2.10. The predicted molar refractivity (Wildman–Crippen MR) is 228 cm³/mol. The SMILES string of the molecule is C1=Cc2c(n(-c3cccc(-c4ncccn4)c3)c3c(-c4cccc(-c5cccc6c7ccccc7n(C7=CC(c8ncccn8)CCC7)c56)c4)cccc23)CC1. The van der Waals surface area contributed by atoms with E-state index < -0.39 is 0 Å². The summed E-state index contributed by atoms with van der Waals surface area (Å²) in [6, 6.07) is 44.0. The number of allylic oxidation sites excluding steroid dienone is 3. The van der Waals surface area contributed by atoms with Gasteiger partial charge in [-0.15, -0.1) is 0 Å². The van der Waals surface area contributed by atoms with Gasteiger partial charge >= 0.3 is 0 Å². The monoisotopic (exact) mass is 722 g/mol. The van der Waals surface area contributed by atoms with E-state index in [1.807, 2.05) is 24.5 Å². The molecule has 6 nitrogen and oxygen atoms in total. The molecule has 0 aliphatic heterocycles. The van der Waals surface area contributed by atoms with Crippen LogP contribution in [-0.4, -0.2) is 29.1 Å². The molecule has 0 saturated carbocycles. The zero-order valence-electron chi connectivity index (χ0n) is 30.9. The molecular formula is C50H38N6. The molecule has 0 spiro atoms. The Balaban J connectivity index is 1.11. The summed E-state index contributed by atoms with van der Waals surface area (Å²) < 4.78 is 5.01. The van der Waals surface area contributed by atoms with Gasteiger partial charge < -0.3 is 9.13 Å². The van der Waals surface area contributed by atoms with E-state index in [0.29, 0.717) is 0 Å². The highest BCUT2D eigenvalue weighted by Gasteiger charge is 2.25. The fraction of sp³-hybridized carbons (Fsp3) is 0.120. The number of fused-ring (bicyclic) bond motifs is 6. The van der Waals surface area contributed by atoms with Crippen LogP contribution in [0.15, 0.2) is 158 Å². The van der Waals surface area contributed by atoms with E-state index in [1.54, 1.807) is 12.4 Å². The molecule has 0 bridgehead atoms. The van der Waals surface area contributed by atoms with Crippen molar-refractivity contribution >= 4 is 44.5 Å².